The van der Waals surface area contributed by atoms with Crippen molar-refractivity contribution in [3.05, 3.63) is 17.4 Å². The summed E-state index contributed by atoms with van der Waals surface area (Å²) in [7, 11) is 1.95. The third-order valence-electron chi connectivity index (χ3n) is 3.85. The van der Waals surface area contributed by atoms with Crippen molar-refractivity contribution in [3.63, 3.8) is 0 Å². The number of anilines is 1. The van der Waals surface area contributed by atoms with Crippen LogP contribution in [-0.4, -0.2) is 57.2 Å². The van der Waals surface area contributed by atoms with Gasteiger partial charge in [-0.05, 0) is 6.92 Å². The van der Waals surface area contributed by atoms with Gasteiger partial charge in [0.2, 0.25) is 5.91 Å². The summed E-state index contributed by atoms with van der Waals surface area (Å²) in [6.07, 6.45) is 1.67. The van der Waals surface area contributed by atoms with E-state index in [4.69, 9.17) is 4.74 Å². The molecule has 130 valence electrons. The van der Waals surface area contributed by atoms with Crippen molar-refractivity contribution in [1.82, 2.24) is 19.7 Å². The Bertz CT molecular complexity index is 669. The fourth-order valence-corrected chi connectivity index (χ4v) is 3.73. The standard InChI is InChI=1S/C14H20N6O2S2/c1-10(12(21)16-13-15-3-8-23-13)24-14-18-17-11(19(14)2)9-20-4-6-22-7-5-20/h3,8,10H,4-7,9H2,1-2H3,(H,15,16,21)/p+1/t10-/m1/s1. The highest BCUT2D eigenvalue weighted by Crippen LogP contribution is 2.22. The second kappa shape index (κ2) is 8.06. The molecule has 1 fully saturated rings. The minimum atomic E-state index is -0.277. The van der Waals surface area contributed by atoms with E-state index in [1.165, 1.54) is 28.0 Å². The quantitative estimate of drug-likeness (QED) is 0.686. The van der Waals surface area contributed by atoms with Gasteiger partial charge in [-0.1, -0.05) is 11.8 Å². The topological polar surface area (TPSA) is 86.4 Å². The highest BCUT2D eigenvalue weighted by molar-refractivity contribution is 8.00. The molecule has 3 rings (SSSR count). The molecule has 10 heteroatoms. The Morgan fingerprint density at radius 3 is 3.00 bits per heavy atom. The molecule has 0 unspecified atom stereocenters. The zero-order valence-electron chi connectivity index (χ0n) is 13.7. The van der Waals surface area contributed by atoms with Crippen LogP contribution in [0.15, 0.2) is 16.7 Å². The molecular formula is C14H21N6O2S2+. The van der Waals surface area contributed by atoms with Gasteiger partial charge in [-0.15, -0.1) is 21.5 Å². The lowest BCUT2D eigenvalue weighted by Gasteiger charge is -2.23. The smallest absolute Gasteiger partial charge is 0.239 e. The average molecular weight is 369 g/mol. The van der Waals surface area contributed by atoms with E-state index < -0.39 is 0 Å². The van der Waals surface area contributed by atoms with Crippen LogP contribution in [-0.2, 0) is 23.1 Å². The Balaban J connectivity index is 1.57. The van der Waals surface area contributed by atoms with Crippen LogP contribution in [0.5, 0.6) is 0 Å². The predicted octanol–water partition coefficient (Wildman–Crippen LogP) is -0.194. The second-order valence-electron chi connectivity index (χ2n) is 5.58. The molecule has 1 aliphatic rings. The Morgan fingerprint density at radius 1 is 1.50 bits per heavy atom. The number of rotatable bonds is 6. The highest BCUT2D eigenvalue weighted by Gasteiger charge is 2.22. The Morgan fingerprint density at radius 2 is 2.29 bits per heavy atom. The number of nitrogens with zero attached hydrogens (tertiary/aromatic N) is 4. The average Bonchev–Trinajstić information content (AvgIpc) is 3.21. The Kier molecular flexibility index (Phi) is 5.82. The van der Waals surface area contributed by atoms with E-state index in [2.05, 4.69) is 20.5 Å². The minimum Gasteiger partial charge on any atom is -0.370 e. The number of morpholine rings is 1. The van der Waals surface area contributed by atoms with Crippen molar-refractivity contribution in [1.29, 1.82) is 0 Å². The molecule has 3 heterocycles. The first-order chi connectivity index (χ1) is 11.6. The van der Waals surface area contributed by atoms with Gasteiger partial charge in [-0.25, -0.2) is 4.98 Å². The summed E-state index contributed by atoms with van der Waals surface area (Å²) in [5.74, 6) is 0.847. The molecule has 8 nitrogen and oxygen atoms in total. The molecule has 0 spiro atoms. The van der Waals surface area contributed by atoms with Crippen molar-refractivity contribution < 1.29 is 14.4 Å². The molecule has 1 aliphatic heterocycles. The van der Waals surface area contributed by atoms with Gasteiger partial charge in [0.1, 0.15) is 19.6 Å². The molecule has 0 saturated carbocycles. The van der Waals surface area contributed by atoms with E-state index in [-0.39, 0.29) is 11.2 Å². The van der Waals surface area contributed by atoms with Crippen LogP contribution in [0.2, 0.25) is 0 Å². The molecule has 0 aliphatic carbocycles. The van der Waals surface area contributed by atoms with Gasteiger partial charge in [-0.3, -0.25) is 4.79 Å². The minimum absolute atomic E-state index is 0.0849. The third kappa shape index (κ3) is 4.32. The van der Waals surface area contributed by atoms with E-state index in [1.54, 1.807) is 6.20 Å². The van der Waals surface area contributed by atoms with Gasteiger partial charge in [-0.2, -0.15) is 0 Å². The fraction of sp³-hybridized carbons (Fsp3) is 0.571. The summed E-state index contributed by atoms with van der Waals surface area (Å²) < 4.78 is 7.35. The SMILES string of the molecule is C[C@@H](Sc1nnc(C[NH+]2CCOCC2)n1C)C(=O)Nc1nccs1. The number of quaternary nitrogens is 1. The largest absolute Gasteiger partial charge is 0.370 e. The molecule has 2 aromatic heterocycles. The molecule has 24 heavy (non-hydrogen) atoms. The summed E-state index contributed by atoms with van der Waals surface area (Å²) in [6, 6.07) is 0. The van der Waals surface area contributed by atoms with Crippen molar-refractivity contribution in [2.45, 2.75) is 23.9 Å². The van der Waals surface area contributed by atoms with Crippen molar-refractivity contribution in [3.8, 4) is 0 Å². The van der Waals surface area contributed by atoms with Crippen LogP contribution in [0.1, 0.15) is 12.7 Å². The van der Waals surface area contributed by atoms with E-state index >= 15 is 0 Å². The molecule has 0 radical (unpaired) electrons. The van der Waals surface area contributed by atoms with Gasteiger partial charge >= 0.3 is 0 Å². The predicted molar refractivity (Wildman–Crippen MR) is 92.3 cm³/mol. The van der Waals surface area contributed by atoms with Crippen molar-refractivity contribution in [2.24, 2.45) is 7.05 Å². The number of carbonyl (C=O) groups excluding carboxylic acids is 1. The van der Waals surface area contributed by atoms with Crippen molar-refractivity contribution >= 4 is 34.1 Å². The van der Waals surface area contributed by atoms with Gasteiger partial charge in [0, 0.05) is 18.6 Å². The molecule has 1 atom stereocenters. The lowest BCUT2D eigenvalue weighted by atomic mass is 10.4. The van der Waals surface area contributed by atoms with E-state index in [0.29, 0.717) is 5.13 Å². The number of thioether (sulfide) groups is 1. The van der Waals surface area contributed by atoms with Crippen LogP contribution in [0.4, 0.5) is 5.13 Å². The number of nitrogens with one attached hydrogen (secondary N) is 2. The van der Waals surface area contributed by atoms with Gasteiger partial charge in [0.05, 0.1) is 18.5 Å². The van der Waals surface area contributed by atoms with Crippen LogP contribution in [0, 0.1) is 0 Å². The molecule has 1 saturated heterocycles. The van der Waals surface area contributed by atoms with Gasteiger partial charge in [0.25, 0.3) is 0 Å². The van der Waals surface area contributed by atoms with E-state index in [1.807, 2.05) is 23.9 Å². The number of thiazole rings is 1. The number of amides is 1. The lowest BCUT2D eigenvalue weighted by molar-refractivity contribution is -0.922. The zero-order chi connectivity index (χ0) is 16.9. The van der Waals surface area contributed by atoms with Crippen molar-refractivity contribution in [2.75, 3.05) is 31.6 Å². The summed E-state index contributed by atoms with van der Waals surface area (Å²) in [6.45, 7) is 6.25. The Hall–Kier alpha value is -1.49. The van der Waals surface area contributed by atoms with Crippen LogP contribution in [0.25, 0.3) is 0 Å². The first-order valence-electron chi connectivity index (χ1n) is 7.80. The molecule has 0 bridgehead atoms. The molecular weight excluding hydrogens is 348 g/mol. The molecule has 2 aromatic rings. The van der Waals surface area contributed by atoms with Gasteiger partial charge < -0.3 is 19.5 Å². The lowest BCUT2D eigenvalue weighted by Crippen LogP contribution is -3.12. The number of carbonyl (C=O) groups is 1. The molecule has 2 N–H and O–H groups in total. The number of ether oxygens (including phenoxy) is 1. The number of hydrogen-bond acceptors (Lipinski definition) is 7. The second-order valence-corrected chi connectivity index (χ2v) is 7.79. The van der Waals surface area contributed by atoms with Crippen LogP contribution < -0.4 is 10.2 Å². The number of aromatic nitrogens is 4. The van der Waals surface area contributed by atoms with E-state index in [0.717, 1.165) is 43.8 Å². The molecule has 1 amide bonds. The highest BCUT2D eigenvalue weighted by atomic mass is 32.2. The van der Waals surface area contributed by atoms with Gasteiger partial charge in [0.15, 0.2) is 16.1 Å². The zero-order valence-corrected chi connectivity index (χ0v) is 15.3. The normalized spacial score (nSPS) is 16.9. The first kappa shape index (κ1) is 17.3. The van der Waals surface area contributed by atoms with Crippen LogP contribution >= 0.6 is 23.1 Å². The molecule has 0 aromatic carbocycles. The summed E-state index contributed by atoms with van der Waals surface area (Å²) in [5.41, 5.74) is 0. The fourth-order valence-electron chi connectivity index (χ4n) is 2.37. The maximum Gasteiger partial charge on any atom is 0.239 e. The summed E-state index contributed by atoms with van der Waals surface area (Å²) in [5, 5.41) is 14.2. The maximum absolute atomic E-state index is 12.2. The maximum atomic E-state index is 12.2. The monoisotopic (exact) mass is 369 g/mol. The summed E-state index contributed by atoms with van der Waals surface area (Å²) >= 11 is 2.81. The van der Waals surface area contributed by atoms with E-state index in [9.17, 15) is 4.79 Å². The summed E-state index contributed by atoms with van der Waals surface area (Å²) in [4.78, 5) is 17.7. The Labute approximate surface area is 148 Å². The number of hydrogen-bond donors (Lipinski definition) is 2. The first-order valence-corrected chi connectivity index (χ1v) is 9.56. The van der Waals surface area contributed by atoms with Crippen LogP contribution in [0.3, 0.4) is 0 Å². The third-order valence-corrected chi connectivity index (χ3v) is 5.67.